The Morgan fingerprint density at radius 3 is 2.33 bits per heavy atom. The van der Waals surface area contributed by atoms with Crippen LogP contribution in [-0.4, -0.2) is 69.4 Å². The number of carbonyl (C=O) groups excluding carboxylic acids is 2. The van der Waals surface area contributed by atoms with E-state index in [9.17, 15) is 9.59 Å². The lowest BCUT2D eigenvalue weighted by Crippen LogP contribution is -2.50. The van der Waals surface area contributed by atoms with Gasteiger partial charge in [-0.15, -0.1) is 0 Å². The Morgan fingerprint density at radius 1 is 0.860 bits per heavy atom. The molecule has 2 saturated heterocycles. The molecule has 3 aromatic carbocycles. The van der Waals surface area contributed by atoms with E-state index in [1.165, 1.54) is 7.11 Å². The molecule has 4 heterocycles. The van der Waals surface area contributed by atoms with Crippen LogP contribution in [0.4, 0.5) is 10.5 Å². The Kier molecular flexibility index (Phi) is 6.34. The number of carbonyl (C=O) groups is 2. The second-order valence-electron chi connectivity index (χ2n) is 12.2. The summed E-state index contributed by atoms with van der Waals surface area (Å²) in [4.78, 5) is 34.1. The Bertz CT molecular complexity index is 1870. The molecule has 0 spiro atoms. The van der Waals surface area contributed by atoms with E-state index in [-0.39, 0.29) is 18.1 Å². The first-order valence-corrected chi connectivity index (χ1v) is 14.5. The fourth-order valence-corrected chi connectivity index (χ4v) is 6.41. The van der Waals surface area contributed by atoms with Crippen LogP contribution in [0.1, 0.15) is 37.6 Å². The standard InChI is InChI=1S/C34H33N5O4/c1-34(2,3)43-33(41)38-20-24-15-25(38)19-37(24)23-11-9-21(10-12-23)22-16-35-31-30(17-36-39(31)18-22)28-13-14-29(32(40)42-4)27-8-6-5-7-26(27)28/h5-14,16-18,24-25H,15,19-20H2,1-4H3. The highest BCUT2D eigenvalue weighted by Gasteiger charge is 2.46. The van der Waals surface area contributed by atoms with Gasteiger partial charge in [-0.05, 0) is 67.3 Å². The zero-order valence-electron chi connectivity index (χ0n) is 24.7. The number of anilines is 1. The van der Waals surface area contributed by atoms with E-state index >= 15 is 0 Å². The van der Waals surface area contributed by atoms with Gasteiger partial charge in [0.25, 0.3) is 0 Å². The van der Waals surface area contributed by atoms with E-state index in [2.05, 4.69) is 34.3 Å². The third-order valence-corrected chi connectivity index (χ3v) is 8.38. The van der Waals surface area contributed by atoms with Gasteiger partial charge < -0.3 is 19.3 Å². The number of fused-ring (bicyclic) bond motifs is 4. The highest BCUT2D eigenvalue weighted by molar-refractivity contribution is 6.10. The molecule has 2 aliphatic heterocycles. The molecule has 2 aliphatic rings. The fraction of sp³-hybridized carbons (Fsp3) is 0.294. The van der Waals surface area contributed by atoms with Crippen molar-refractivity contribution in [3.8, 4) is 22.3 Å². The summed E-state index contributed by atoms with van der Waals surface area (Å²) < 4.78 is 12.4. The molecule has 0 radical (unpaired) electrons. The Labute approximate surface area is 249 Å². The maximum Gasteiger partial charge on any atom is 0.410 e. The largest absolute Gasteiger partial charge is 0.465 e. The summed E-state index contributed by atoms with van der Waals surface area (Å²) in [7, 11) is 1.39. The van der Waals surface area contributed by atoms with Crippen molar-refractivity contribution >= 4 is 34.2 Å². The van der Waals surface area contributed by atoms with E-state index in [1.54, 1.807) is 10.6 Å². The minimum atomic E-state index is -0.490. The highest BCUT2D eigenvalue weighted by Crippen LogP contribution is 2.37. The number of amides is 1. The molecule has 9 nitrogen and oxygen atoms in total. The van der Waals surface area contributed by atoms with Gasteiger partial charge in [0.1, 0.15) is 5.60 Å². The van der Waals surface area contributed by atoms with Gasteiger partial charge in [-0.1, -0.05) is 42.5 Å². The molecule has 5 aromatic rings. The smallest absolute Gasteiger partial charge is 0.410 e. The molecule has 1 amide bonds. The summed E-state index contributed by atoms with van der Waals surface area (Å²) in [6.07, 6.45) is 6.42. The zero-order chi connectivity index (χ0) is 29.9. The second-order valence-corrected chi connectivity index (χ2v) is 12.2. The van der Waals surface area contributed by atoms with Crippen molar-refractivity contribution in [1.29, 1.82) is 0 Å². The van der Waals surface area contributed by atoms with Gasteiger partial charge in [0.15, 0.2) is 5.65 Å². The van der Waals surface area contributed by atoms with E-state index in [0.29, 0.717) is 18.2 Å². The summed E-state index contributed by atoms with van der Waals surface area (Å²) >= 11 is 0. The number of hydrogen-bond donors (Lipinski definition) is 0. The van der Waals surface area contributed by atoms with E-state index in [4.69, 9.17) is 14.5 Å². The lowest BCUT2D eigenvalue weighted by Gasteiger charge is -2.36. The zero-order valence-corrected chi connectivity index (χ0v) is 24.7. The summed E-state index contributed by atoms with van der Waals surface area (Å²) in [6.45, 7) is 7.20. The minimum Gasteiger partial charge on any atom is -0.465 e. The van der Waals surface area contributed by atoms with Crippen molar-refractivity contribution < 1.29 is 19.1 Å². The first kappa shape index (κ1) is 26.9. The number of esters is 1. The first-order valence-electron chi connectivity index (χ1n) is 14.5. The van der Waals surface area contributed by atoms with Crippen molar-refractivity contribution in [1.82, 2.24) is 19.5 Å². The second kappa shape index (κ2) is 10.1. The maximum absolute atomic E-state index is 12.6. The van der Waals surface area contributed by atoms with Crippen molar-refractivity contribution in [3.05, 3.63) is 84.8 Å². The number of hydrogen-bond acceptors (Lipinski definition) is 7. The first-order chi connectivity index (χ1) is 20.7. The average molecular weight is 576 g/mol. The predicted molar refractivity (Wildman–Crippen MR) is 165 cm³/mol. The van der Waals surface area contributed by atoms with Gasteiger partial charge >= 0.3 is 12.1 Å². The van der Waals surface area contributed by atoms with Crippen LogP contribution in [-0.2, 0) is 9.47 Å². The molecule has 43 heavy (non-hydrogen) atoms. The molecule has 9 heteroatoms. The molecule has 7 rings (SSSR count). The van der Waals surface area contributed by atoms with Crippen molar-refractivity contribution in [3.63, 3.8) is 0 Å². The quantitative estimate of drug-likeness (QED) is 0.236. The van der Waals surface area contributed by atoms with Crippen LogP contribution in [0.2, 0.25) is 0 Å². The third kappa shape index (κ3) is 4.74. The fourth-order valence-electron chi connectivity index (χ4n) is 6.41. The van der Waals surface area contributed by atoms with Crippen molar-refractivity contribution in [2.75, 3.05) is 25.1 Å². The molecule has 2 atom stereocenters. The van der Waals surface area contributed by atoms with Gasteiger partial charge in [-0.3, -0.25) is 0 Å². The average Bonchev–Trinajstić information content (AvgIpc) is 3.74. The molecular weight excluding hydrogens is 542 g/mol. The number of ether oxygens (including phenoxy) is 2. The summed E-state index contributed by atoms with van der Waals surface area (Å²) in [6, 6.07) is 20.5. The minimum absolute atomic E-state index is 0.175. The highest BCUT2D eigenvalue weighted by atomic mass is 16.6. The normalized spacial score (nSPS) is 18.0. The number of aromatic nitrogens is 3. The van der Waals surface area contributed by atoms with Crippen LogP contribution in [0.5, 0.6) is 0 Å². The maximum atomic E-state index is 12.6. The van der Waals surface area contributed by atoms with Crippen LogP contribution in [0.15, 0.2) is 79.3 Å². The van der Waals surface area contributed by atoms with Gasteiger partial charge in [0.2, 0.25) is 0 Å². The van der Waals surface area contributed by atoms with Crippen molar-refractivity contribution in [2.24, 2.45) is 0 Å². The summed E-state index contributed by atoms with van der Waals surface area (Å²) in [5.41, 5.74) is 5.76. The van der Waals surface area contributed by atoms with Gasteiger partial charge in [-0.25, -0.2) is 19.1 Å². The molecule has 2 unspecified atom stereocenters. The monoisotopic (exact) mass is 575 g/mol. The molecule has 0 N–H and O–H groups in total. The Hall–Kier alpha value is -4.92. The lowest BCUT2D eigenvalue weighted by atomic mass is 9.96. The topological polar surface area (TPSA) is 89.3 Å². The van der Waals surface area contributed by atoms with Gasteiger partial charge in [-0.2, -0.15) is 5.10 Å². The third-order valence-electron chi connectivity index (χ3n) is 8.38. The number of rotatable bonds is 4. The molecule has 0 saturated carbocycles. The molecule has 218 valence electrons. The van der Waals surface area contributed by atoms with Gasteiger partial charge in [0, 0.05) is 48.3 Å². The molecule has 2 aromatic heterocycles. The van der Waals surface area contributed by atoms with Crippen LogP contribution >= 0.6 is 0 Å². The van der Waals surface area contributed by atoms with Crippen LogP contribution in [0.3, 0.4) is 0 Å². The summed E-state index contributed by atoms with van der Waals surface area (Å²) in [5, 5.41) is 6.39. The number of nitrogens with zero attached hydrogens (tertiary/aromatic N) is 5. The summed E-state index contributed by atoms with van der Waals surface area (Å²) in [5.74, 6) is -0.364. The molecular formula is C34H33N5O4. The Morgan fingerprint density at radius 2 is 1.63 bits per heavy atom. The number of methoxy groups -OCH3 is 1. The number of likely N-dealkylation sites (tertiary alicyclic amines) is 1. The Balaban J connectivity index is 1.11. The van der Waals surface area contributed by atoms with E-state index < -0.39 is 5.60 Å². The molecule has 0 aliphatic carbocycles. The van der Waals surface area contributed by atoms with E-state index in [0.717, 1.165) is 57.3 Å². The number of piperazine rings is 1. The van der Waals surface area contributed by atoms with Crippen molar-refractivity contribution in [2.45, 2.75) is 44.9 Å². The van der Waals surface area contributed by atoms with Crippen LogP contribution in [0, 0.1) is 0 Å². The van der Waals surface area contributed by atoms with E-state index in [1.807, 2.05) is 74.6 Å². The predicted octanol–water partition coefficient (Wildman–Crippen LogP) is 6.20. The molecule has 2 fully saturated rings. The number of benzene rings is 3. The van der Waals surface area contributed by atoms with Crippen LogP contribution in [0.25, 0.3) is 38.7 Å². The van der Waals surface area contributed by atoms with Gasteiger partial charge in [0.05, 0.1) is 24.9 Å². The van der Waals surface area contributed by atoms with Crippen LogP contribution < -0.4 is 4.90 Å². The lowest BCUT2D eigenvalue weighted by molar-refractivity contribution is 0.0214. The molecule has 2 bridgehead atoms. The SMILES string of the molecule is COC(=O)c1ccc(-c2cnn3cc(-c4ccc(N5CC6CC5CN6C(=O)OC(C)(C)C)cc4)cnc23)c2ccccc12.